The number of pyridine rings is 1. The van der Waals surface area contributed by atoms with Crippen molar-refractivity contribution in [3.05, 3.63) is 42.2 Å². The number of nitrogens with one attached hydrogen (secondary N) is 1. The molecule has 2 aromatic heterocycles. The molecular formula is C25H26F4N6O3. The van der Waals surface area contributed by atoms with E-state index in [0.717, 1.165) is 25.0 Å². The molecule has 0 radical (unpaired) electrons. The summed E-state index contributed by atoms with van der Waals surface area (Å²) in [4.78, 5) is 29.6. The Labute approximate surface area is 215 Å². The second-order valence-corrected chi connectivity index (χ2v) is 10.2. The van der Waals surface area contributed by atoms with Gasteiger partial charge in [-0.25, -0.2) is 24.1 Å². The average Bonchev–Trinajstić information content (AvgIpc) is 2.87. The SMILES string of the molecule is CC(C)(C)OC(=O)N1CC2CC[C@H]1CN2c1ccc2ncnc(Nc3ccc(OC(F)F)c(F)c3F)c2n1. The van der Waals surface area contributed by atoms with Crippen LogP contribution in [-0.2, 0) is 4.74 Å². The van der Waals surface area contributed by atoms with Gasteiger partial charge in [0.2, 0.25) is 5.82 Å². The van der Waals surface area contributed by atoms with Crippen molar-refractivity contribution in [2.75, 3.05) is 23.3 Å². The van der Waals surface area contributed by atoms with Crippen LogP contribution in [0.5, 0.6) is 5.75 Å². The largest absolute Gasteiger partial charge is 0.444 e. The van der Waals surface area contributed by atoms with Gasteiger partial charge in [0, 0.05) is 19.1 Å². The van der Waals surface area contributed by atoms with Crippen LogP contribution < -0.4 is 15.0 Å². The highest BCUT2D eigenvalue weighted by Crippen LogP contribution is 2.35. The molecule has 13 heteroatoms. The van der Waals surface area contributed by atoms with Gasteiger partial charge >= 0.3 is 12.7 Å². The van der Waals surface area contributed by atoms with Crippen molar-refractivity contribution in [1.82, 2.24) is 19.9 Å². The number of piperazine rings is 1. The average molecular weight is 535 g/mol. The van der Waals surface area contributed by atoms with Gasteiger partial charge in [-0.3, -0.25) is 0 Å². The molecular weight excluding hydrogens is 508 g/mol. The summed E-state index contributed by atoms with van der Waals surface area (Å²) in [6.45, 7) is 3.25. The lowest BCUT2D eigenvalue weighted by Gasteiger charge is -2.51. The van der Waals surface area contributed by atoms with Crippen LogP contribution in [0.4, 0.5) is 39.7 Å². The standard InChI is InChI=1S/C25H26F4N6O3/c1-25(2,3)38-24(36)35-11-13-4-5-14(35)10-34(13)18-9-7-16-21(33-18)22(31-12-30-16)32-15-6-8-17(37-23(28)29)20(27)19(15)26/h6-9,12-14,23H,4-5,10-11H2,1-3H3,(H,30,31,32)/t13?,14-/m0/s1. The molecule has 1 aromatic carbocycles. The Kier molecular flexibility index (Phi) is 6.61. The van der Waals surface area contributed by atoms with E-state index in [9.17, 15) is 22.4 Å². The Morgan fingerprint density at radius 2 is 1.82 bits per heavy atom. The molecule has 38 heavy (non-hydrogen) atoms. The lowest BCUT2D eigenvalue weighted by Crippen LogP contribution is -2.64. The molecule has 3 aliphatic rings. The third kappa shape index (κ3) is 5.09. The number of rotatable bonds is 5. The summed E-state index contributed by atoms with van der Waals surface area (Å²) < 4.78 is 63.3. The van der Waals surface area contributed by atoms with Gasteiger partial charge in [0.1, 0.15) is 23.3 Å². The molecule has 3 aliphatic heterocycles. The second-order valence-electron chi connectivity index (χ2n) is 10.2. The number of amides is 1. The van der Waals surface area contributed by atoms with Crippen LogP contribution in [0.2, 0.25) is 0 Å². The maximum Gasteiger partial charge on any atom is 0.410 e. The fourth-order valence-electron chi connectivity index (χ4n) is 4.78. The first-order chi connectivity index (χ1) is 18.0. The van der Waals surface area contributed by atoms with Crippen LogP contribution in [-0.4, -0.2) is 63.3 Å². The number of alkyl halides is 2. The Morgan fingerprint density at radius 1 is 1.05 bits per heavy atom. The monoisotopic (exact) mass is 534 g/mol. The maximum atomic E-state index is 14.6. The topological polar surface area (TPSA) is 92.7 Å². The molecule has 1 unspecified atom stereocenters. The van der Waals surface area contributed by atoms with Crippen LogP contribution in [0.15, 0.2) is 30.6 Å². The van der Waals surface area contributed by atoms with E-state index in [0.29, 0.717) is 29.9 Å². The fourth-order valence-corrected chi connectivity index (χ4v) is 4.78. The minimum Gasteiger partial charge on any atom is -0.444 e. The first kappa shape index (κ1) is 25.7. The number of halogens is 4. The van der Waals surface area contributed by atoms with Crippen molar-refractivity contribution in [3.8, 4) is 5.75 Å². The quantitative estimate of drug-likeness (QED) is 0.445. The first-order valence-corrected chi connectivity index (χ1v) is 12.1. The van der Waals surface area contributed by atoms with Gasteiger partial charge in [-0.1, -0.05) is 0 Å². The third-order valence-corrected chi connectivity index (χ3v) is 6.44. The molecule has 0 spiro atoms. The van der Waals surface area contributed by atoms with Crippen LogP contribution >= 0.6 is 0 Å². The van der Waals surface area contributed by atoms with Crippen molar-refractivity contribution < 1.29 is 31.8 Å². The van der Waals surface area contributed by atoms with Gasteiger partial charge in [0.15, 0.2) is 17.4 Å². The first-order valence-electron chi connectivity index (χ1n) is 12.1. The van der Waals surface area contributed by atoms with E-state index in [1.807, 2.05) is 26.8 Å². The summed E-state index contributed by atoms with van der Waals surface area (Å²) in [5.74, 6) is -3.13. The van der Waals surface area contributed by atoms with Crippen LogP contribution in [0, 0.1) is 11.6 Å². The number of carbonyl (C=O) groups is 1. The number of nitrogens with zero attached hydrogens (tertiary/aromatic N) is 5. The molecule has 0 saturated carbocycles. The molecule has 3 aromatic rings. The molecule has 3 saturated heterocycles. The Hall–Kier alpha value is -3.90. The zero-order chi connectivity index (χ0) is 27.2. The molecule has 202 valence electrons. The van der Waals surface area contributed by atoms with E-state index in [4.69, 9.17) is 9.72 Å². The Balaban J connectivity index is 1.40. The molecule has 5 heterocycles. The highest BCUT2D eigenvalue weighted by molar-refractivity contribution is 5.88. The minimum atomic E-state index is -3.29. The van der Waals surface area contributed by atoms with Crippen LogP contribution in [0.3, 0.4) is 0 Å². The molecule has 1 amide bonds. The lowest BCUT2D eigenvalue weighted by molar-refractivity contribution is -0.0525. The van der Waals surface area contributed by atoms with Crippen molar-refractivity contribution in [2.24, 2.45) is 0 Å². The summed E-state index contributed by atoms with van der Waals surface area (Å²) >= 11 is 0. The fraction of sp³-hybridized carbons (Fsp3) is 0.440. The lowest BCUT2D eigenvalue weighted by atomic mass is 9.91. The van der Waals surface area contributed by atoms with E-state index in [2.05, 4.69) is 24.9 Å². The number of piperidine rings is 2. The van der Waals surface area contributed by atoms with Gasteiger partial charge in [0.05, 0.1) is 17.2 Å². The van der Waals surface area contributed by atoms with E-state index in [1.165, 1.54) is 6.33 Å². The van der Waals surface area contributed by atoms with E-state index >= 15 is 0 Å². The maximum absolute atomic E-state index is 14.6. The molecule has 9 nitrogen and oxygen atoms in total. The van der Waals surface area contributed by atoms with Gasteiger partial charge in [-0.05, 0) is 57.9 Å². The molecule has 1 N–H and O–H groups in total. The summed E-state index contributed by atoms with van der Waals surface area (Å²) in [6.07, 6.45) is 2.63. The van der Waals surface area contributed by atoms with Gasteiger partial charge in [-0.15, -0.1) is 0 Å². The van der Waals surface area contributed by atoms with Gasteiger partial charge in [-0.2, -0.15) is 13.2 Å². The van der Waals surface area contributed by atoms with Crippen molar-refractivity contribution in [3.63, 3.8) is 0 Å². The van der Waals surface area contributed by atoms with E-state index < -0.39 is 29.6 Å². The number of ether oxygens (including phenoxy) is 2. The van der Waals surface area contributed by atoms with E-state index in [1.54, 1.807) is 11.0 Å². The molecule has 0 aliphatic carbocycles. The Bertz CT molecular complexity index is 1370. The highest BCUT2D eigenvalue weighted by atomic mass is 19.3. The summed E-state index contributed by atoms with van der Waals surface area (Å²) in [7, 11) is 0. The van der Waals surface area contributed by atoms with Crippen molar-refractivity contribution >= 4 is 34.4 Å². The van der Waals surface area contributed by atoms with Gasteiger partial charge < -0.3 is 24.6 Å². The zero-order valence-corrected chi connectivity index (χ0v) is 20.9. The summed E-state index contributed by atoms with van der Waals surface area (Å²) in [5.41, 5.74) is -0.151. The molecule has 6 rings (SSSR count). The van der Waals surface area contributed by atoms with Crippen molar-refractivity contribution in [2.45, 2.75) is 57.9 Å². The number of hydrogen-bond acceptors (Lipinski definition) is 8. The normalized spacial score (nSPS) is 19.3. The summed E-state index contributed by atoms with van der Waals surface area (Å²) in [6, 6.07) is 5.51. The van der Waals surface area contributed by atoms with Crippen LogP contribution in [0.25, 0.3) is 11.0 Å². The number of fused-ring (bicyclic) bond motifs is 4. The molecule has 2 bridgehead atoms. The summed E-state index contributed by atoms with van der Waals surface area (Å²) in [5, 5.41) is 2.68. The van der Waals surface area contributed by atoms with Crippen molar-refractivity contribution in [1.29, 1.82) is 0 Å². The second kappa shape index (κ2) is 9.76. The number of hydrogen-bond donors (Lipinski definition) is 1. The molecule has 2 atom stereocenters. The van der Waals surface area contributed by atoms with Crippen LogP contribution in [0.1, 0.15) is 33.6 Å². The minimum absolute atomic E-state index is 0.0208. The Morgan fingerprint density at radius 3 is 2.50 bits per heavy atom. The predicted molar refractivity (Wildman–Crippen MR) is 131 cm³/mol. The highest BCUT2D eigenvalue weighted by Gasteiger charge is 2.43. The molecule has 3 fully saturated rings. The number of benzene rings is 1. The van der Waals surface area contributed by atoms with Gasteiger partial charge in [0.25, 0.3) is 0 Å². The predicted octanol–water partition coefficient (Wildman–Crippen LogP) is 5.24. The third-order valence-electron chi connectivity index (χ3n) is 6.44. The smallest absolute Gasteiger partial charge is 0.410 e. The van der Waals surface area contributed by atoms with E-state index in [-0.39, 0.29) is 29.7 Å². The number of aromatic nitrogens is 3. The number of anilines is 3. The number of carbonyl (C=O) groups excluding carboxylic acids is 1. The zero-order valence-electron chi connectivity index (χ0n) is 20.9.